The van der Waals surface area contributed by atoms with Gasteiger partial charge in [0.1, 0.15) is 0 Å². The molecular formula is C11H18OS. The van der Waals surface area contributed by atoms with Crippen LogP contribution in [0.5, 0.6) is 0 Å². The van der Waals surface area contributed by atoms with Crippen molar-refractivity contribution in [2.24, 2.45) is 17.8 Å². The molecule has 4 saturated carbocycles. The summed E-state index contributed by atoms with van der Waals surface area (Å²) in [7, 11) is 0. The standard InChI is InChI=1S/C11H18OS/c1-13-12-11-5-8-2-9(6-11)4-10(3-8)7-11/h8-10H,2-7H2,1H3. The molecule has 4 aliphatic carbocycles. The molecule has 0 heterocycles. The molecule has 0 amide bonds. The molecule has 4 bridgehead atoms. The van der Waals surface area contributed by atoms with Crippen molar-refractivity contribution < 1.29 is 4.18 Å². The third kappa shape index (κ3) is 1.33. The fourth-order valence-corrected chi connectivity index (χ4v) is 4.87. The summed E-state index contributed by atoms with van der Waals surface area (Å²) in [6, 6.07) is 0. The predicted molar refractivity (Wildman–Crippen MR) is 55.5 cm³/mol. The normalized spacial score (nSPS) is 52.8. The van der Waals surface area contributed by atoms with Crippen LogP contribution in [0.3, 0.4) is 0 Å². The van der Waals surface area contributed by atoms with Crippen LogP contribution in [0.2, 0.25) is 0 Å². The van der Waals surface area contributed by atoms with E-state index in [0.717, 1.165) is 17.8 Å². The van der Waals surface area contributed by atoms with Crippen LogP contribution in [-0.4, -0.2) is 11.9 Å². The third-order valence-corrected chi connectivity index (χ3v) is 4.76. The maximum atomic E-state index is 5.96. The Balaban J connectivity index is 1.83. The quantitative estimate of drug-likeness (QED) is 0.630. The van der Waals surface area contributed by atoms with E-state index < -0.39 is 0 Å². The van der Waals surface area contributed by atoms with Crippen molar-refractivity contribution in [3.05, 3.63) is 0 Å². The van der Waals surface area contributed by atoms with Gasteiger partial charge in [-0.15, -0.1) is 0 Å². The highest BCUT2D eigenvalue weighted by molar-refractivity contribution is 7.93. The van der Waals surface area contributed by atoms with E-state index >= 15 is 0 Å². The molecule has 0 saturated heterocycles. The first-order valence-electron chi connectivity index (χ1n) is 5.51. The zero-order valence-corrected chi connectivity index (χ0v) is 9.11. The van der Waals surface area contributed by atoms with Gasteiger partial charge < -0.3 is 4.18 Å². The molecule has 0 spiro atoms. The van der Waals surface area contributed by atoms with E-state index in [4.69, 9.17) is 4.18 Å². The van der Waals surface area contributed by atoms with Gasteiger partial charge in [0.25, 0.3) is 0 Å². The monoisotopic (exact) mass is 198 g/mol. The van der Waals surface area contributed by atoms with E-state index in [1.54, 1.807) is 12.0 Å². The van der Waals surface area contributed by atoms with E-state index in [1.807, 2.05) is 0 Å². The Bertz CT molecular complexity index is 179. The SMILES string of the molecule is CSOC12CC3CC(CC(C3)C1)C2. The van der Waals surface area contributed by atoms with Gasteiger partial charge in [0, 0.05) is 6.26 Å². The Morgan fingerprint density at radius 3 is 1.85 bits per heavy atom. The van der Waals surface area contributed by atoms with Gasteiger partial charge in [-0.3, -0.25) is 0 Å². The first kappa shape index (κ1) is 8.60. The van der Waals surface area contributed by atoms with Crippen molar-refractivity contribution in [1.82, 2.24) is 0 Å². The van der Waals surface area contributed by atoms with Gasteiger partial charge >= 0.3 is 0 Å². The number of hydrogen-bond donors (Lipinski definition) is 0. The average Bonchev–Trinajstić information content (AvgIpc) is 2.00. The summed E-state index contributed by atoms with van der Waals surface area (Å²) in [5.74, 6) is 3.04. The van der Waals surface area contributed by atoms with E-state index in [1.165, 1.54) is 38.5 Å². The Kier molecular flexibility index (Phi) is 1.92. The minimum Gasteiger partial charge on any atom is -0.309 e. The third-order valence-electron chi connectivity index (χ3n) is 4.24. The van der Waals surface area contributed by atoms with Crippen LogP contribution in [-0.2, 0) is 4.18 Å². The molecule has 4 aliphatic rings. The maximum Gasteiger partial charge on any atom is 0.0837 e. The summed E-state index contributed by atoms with van der Waals surface area (Å²) in [5.41, 5.74) is 0.314. The van der Waals surface area contributed by atoms with E-state index in [0.29, 0.717) is 5.60 Å². The van der Waals surface area contributed by atoms with Crippen molar-refractivity contribution in [2.75, 3.05) is 6.26 Å². The smallest absolute Gasteiger partial charge is 0.0837 e. The lowest BCUT2D eigenvalue weighted by molar-refractivity contribution is -0.0979. The van der Waals surface area contributed by atoms with E-state index in [9.17, 15) is 0 Å². The molecule has 1 nitrogen and oxygen atoms in total. The molecule has 0 unspecified atom stereocenters. The molecule has 0 N–H and O–H groups in total. The number of hydrogen-bond acceptors (Lipinski definition) is 2. The van der Waals surface area contributed by atoms with Crippen LogP contribution >= 0.6 is 12.0 Å². The molecule has 0 aliphatic heterocycles. The van der Waals surface area contributed by atoms with Gasteiger partial charge in [-0.2, -0.15) is 0 Å². The summed E-state index contributed by atoms with van der Waals surface area (Å²) in [4.78, 5) is 0. The summed E-state index contributed by atoms with van der Waals surface area (Å²) < 4.78 is 5.96. The van der Waals surface area contributed by atoms with Crippen molar-refractivity contribution in [2.45, 2.75) is 44.1 Å². The molecule has 4 fully saturated rings. The summed E-state index contributed by atoms with van der Waals surface area (Å²) in [6.45, 7) is 0. The highest BCUT2D eigenvalue weighted by Gasteiger charge is 2.51. The molecule has 0 aromatic heterocycles. The largest absolute Gasteiger partial charge is 0.309 e. The number of rotatable bonds is 2. The van der Waals surface area contributed by atoms with Crippen molar-refractivity contribution in [3.63, 3.8) is 0 Å². The topological polar surface area (TPSA) is 9.23 Å². The van der Waals surface area contributed by atoms with E-state index in [2.05, 4.69) is 6.26 Å². The Hall–Kier alpha value is 0.310. The lowest BCUT2D eigenvalue weighted by Crippen LogP contribution is -2.51. The fourth-order valence-electron chi connectivity index (χ4n) is 4.31. The summed E-state index contributed by atoms with van der Waals surface area (Å²) >= 11 is 1.59. The van der Waals surface area contributed by atoms with Gasteiger partial charge in [0.15, 0.2) is 0 Å². The van der Waals surface area contributed by atoms with Crippen LogP contribution in [0.1, 0.15) is 38.5 Å². The molecule has 13 heavy (non-hydrogen) atoms. The van der Waals surface area contributed by atoms with Crippen LogP contribution in [0.15, 0.2) is 0 Å². The van der Waals surface area contributed by atoms with Gasteiger partial charge in [-0.1, -0.05) is 0 Å². The molecule has 74 valence electrons. The zero-order valence-electron chi connectivity index (χ0n) is 8.29. The second-order valence-electron chi connectivity index (χ2n) is 5.35. The second kappa shape index (κ2) is 2.90. The molecule has 0 aromatic carbocycles. The van der Waals surface area contributed by atoms with Gasteiger partial charge in [0.05, 0.1) is 5.60 Å². The molecule has 4 rings (SSSR count). The molecule has 0 atom stereocenters. The Morgan fingerprint density at radius 1 is 1.00 bits per heavy atom. The minimum atomic E-state index is 0.314. The van der Waals surface area contributed by atoms with Gasteiger partial charge in [0.2, 0.25) is 0 Å². The highest BCUT2D eigenvalue weighted by Crippen LogP contribution is 2.57. The van der Waals surface area contributed by atoms with Crippen LogP contribution in [0, 0.1) is 17.8 Å². The fraction of sp³-hybridized carbons (Fsp3) is 1.00. The second-order valence-corrected chi connectivity index (χ2v) is 5.85. The van der Waals surface area contributed by atoms with E-state index in [-0.39, 0.29) is 0 Å². The minimum absolute atomic E-state index is 0.314. The lowest BCUT2D eigenvalue weighted by Gasteiger charge is -2.55. The first-order valence-corrected chi connectivity index (χ1v) is 6.66. The molecule has 2 heteroatoms. The average molecular weight is 198 g/mol. The maximum absolute atomic E-state index is 5.96. The van der Waals surface area contributed by atoms with Crippen LogP contribution in [0.25, 0.3) is 0 Å². The molecule has 0 radical (unpaired) electrons. The Morgan fingerprint density at radius 2 is 1.46 bits per heavy atom. The molecular weight excluding hydrogens is 180 g/mol. The summed E-state index contributed by atoms with van der Waals surface area (Å²) in [5, 5.41) is 0. The van der Waals surface area contributed by atoms with Crippen molar-refractivity contribution in [1.29, 1.82) is 0 Å². The highest BCUT2D eigenvalue weighted by atomic mass is 32.2. The van der Waals surface area contributed by atoms with Crippen LogP contribution in [0.4, 0.5) is 0 Å². The first-order chi connectivity index (χ1) is 6.30. The Labute approximate surface area is 84.8 Å². The molecule has 0 aromatic rings. The van der Waals surface area contributed by atoms with Crippen molar-refractivity contribution >= 4 is 12.0 Å². The summed E-state index contributed by atoms with van der Waals surface area (Å²) in [6.07, 6.45) is 10.7. The lowest BCUT2D eigenvalue weighted by atomic mass is 9.54. The van der Waals surface area contributed by atoms with Gasteiger partial charge in [-0.05, 0) is 68.3 Å². The zero-order chi connectivity index (χ0) is 8.89. The van der Waals surface area contributed by atoms with Crippen molar-refractivity contribution in [3.8, 4) is 0 Å². The van der Waals surface area contributed by atoms with Crippen LogP contribution < -0.4 is 0 Å². The van der Waals surface area contributed by atoms with Gasteiger partial charge in [-0.25, -0.2) is 0 Å². The predicted octanol–water partition coefficient (Wildman–Crippen LogP) is 3.25.